The third-order valence-corrected chi connectivity index (χ3v) is 8.08. The maximum absolute atomic E-state index is 12.8. The van der Waals surface area contributed by atoms with Gasteiger partial charge in [0.1, 0.15) is 10.7 Å². The number of aromatic nitrogens is 2. The molecule has 4 aromatic rings. The molecule has 0 bridgehead atoms. The highest BCUT2D eigenvalue weighted by atomic mass is 32.1. The molecule has 1 aliphatic carbocycles. The second kappa shape index (κ2) is 7.43. The van der Waals surface area contributed by atoms with Crippen molar-refractivity contribution in [3.05, 3.63) is 63.8 Å². The first-order valence-electron chi connectivity index (χ1n) is 9.99. The quantitative estimate of drug-likeness (QED) is 0.456. The summed E-state index contributed by atoms with van der Waals surface area (Å²) in [5.74, 6) is -0.0749. The number of thiazole rings is 1. The molecule has 0 unspecified atom stereocenters. The van der Waals surface area contributed by atoms with Gasteiger partial charge in [-0.3, -0.25) is 4.79 Å². The fraction of sp³-hybridized carbons (Fsp3) is 0.304. The van der Waals surface area contributed by atoms with Gasteiger partial charge in [-0.15, -0.1) is 22.7 Å². The van der Waals surface area contributed by atoms with Gasteiger partial charge in [0.15, 0.2) is 0 Å². The molecule has 6 heteroatoms. The minimum Gasteiger partial charge on any atom is -0.350 e. The lowest BCUT2D eigenvalue weighted by Gasteiger charge is -2.28. The molecule has 0 saturated heterocycles. The van der Waals surface area contributed by atoms with Crippen LogP contribution in [0.25, 0.3) is 21.6 Å². The molecule has 0 radical (unpaired) electrons. The van der Waals surface area contributed by atoms with Crippen molar-refractivity contribution in [3.63, 3.8) is 0 Å². The zero-order valence-electron chi connectivity index (χ0n) is 16.4. The van der Waals surface area contributed by atoms with E-state index in [0.717, 1.165) is 23.5 Å². The van der Waals surface area contributed by atoms with Crippen LogP contribution in [0.2, 0.25) is 0 Å². The van der Waals surface area contributed by atoms with Gasteiger partial charge in [0.25, 0.3) is 5.91 Å². The largest absolute Gasteiger partial charge is 0.350 e. The van der Waals surface area contributed by atoms with E-state index in [9.17, 15) is 4.79 Å². The molecule has 3 aromatic heterocycles. The van der Waals surface area contributed by atoms with Gasteiger partial charge in [-0.25, -0.2) is 4.98 Å². The topological polar surface area (TPSA) is 46.9 Å². The summed E-state index contributed by atoms with van der Waals surface area (Å²) >= 11 is 3.33. The van der Waals surface area contributed by atoms with Crippen molar-refractivity contribution in [2.24, 2.45) is 7.05 Å². The molecule has 1 fully saturated rings. The van der Waals surface area contributed by atoms with Gasteiger partial charge >= 0.3 is 0 Å². The van der Waals surface area contributed by atoms with Gasteiger partial charge in [0.05, 0.1) is 5.69 Å². The van der Waals surface area contributed by atoms with E-state index < -0.39 is 0 Å². The lowest BCUT2D eigenvalue weighted by atomic mass is 9.84. The lowest BCUT2D eigenvalue weighted by molar-refractivity contribution is 0.0939. The molecule has 4 nitrogen and oxygen atoms in total. The van der Waals surface area contributed by atoms with Crippen LogP contribution in [0.4, 0.5) is 0 Å². The third-order valence-electron chi connectivity index (χ3n) is 6.10. The van der Waals surface area contributed by atoms with Crippen molar-refractivity contribution < 1.29 is 4.79 Å². The van der Waals surface area contributed by atoms with Crippen molar-refractivity contribution >= 4 is 39.5 Å². The Kier molecular flexibility index (Phi) is 4.76. The standard InChI is InChI=1S/C23H23N3OS2/c1-26-18-8-3-2-7-16(18)13-19(26)22-25-17(14-29-22)21(27)24-15-23(10-4-5-11-23)20-9-6-12-28-20/h2-3,6-9,12-14H,4-5,10-11,15H2,1H3,(H,24,27). The van der Waals surface area contributed by atoms with Gasteiger partial charge in [0.2, 0.25) is 0 Å². The van der Waals surface area contributed by atoms with Crippen molar-refractivity contribution in [3.8, 4) is 10.7 Å². The Labute approximate surface area is 178 Å². The number of hydrogen-bond donors (Lipinski definition) is 1. The molecule has 0 atom stereocenters. The Morgan fingerprint density at radius 3 is 2.76 bits per heavy atom. The van der Waals surface area contributed by atoms with E-state index in [1.165, 1.54) is 40.0 Å². The number of fused-ring (bicyclic) bond motifs is 1. The molecule has 1 aromatic carbocycles. The van der Waals surface area contributed by atoms with E-state index in [2.05, 4.69) is 50.6 Å². The van der Waals surface area contributed by atoms with Crippen LogP contribution in [0.15, 0.2) is 53.2 Å². The number of carbonyl (C=O) groups excluding carboxylic acids is 1. The van der Waals surface area contributed by atoms with Crippen LogP contribution in [-0.2, 0) is 12.5 Å². The second-order valence-electron chi connectivity index (χ2n) is 7.83. The molecule has 29 heavy (non-hydrogen) atoms. The minimum absolute atomic E-state index is 0.0749. The predicted molar refractivity (Wildman–Crippen MR) is 121 cm³/mol. The van der Waals surface area contributed by atoms with Crippen LogP contribution >= 0.6 is 22.7 Å². The molecule has 1 saturated carbocycles. The first kappa shape index (κ1) is 18.6. The highest BCUT2D eigenvalue weighted by Gasteiger charge is 2.37. The van der Waals surface area contributed by atoms with Crippen LogP contribution in [0, 0.1) is 0 Å². The fourth-order valence-corrected chi connectivity index (χ4v) is 6.31. The van der Waals surface area contributed by atoms with Crippen molar-refractivity contribution in [2.75, 3.05) is 6.54 Å². The van der Waals surface area contributed by atoms with E-state index >= 15 is 0 Å². The monoisotopic (exact) mass is 421 g/mol. The van der Waals surface area contributed by atoms with Crippen LogP contribution in [0.5, 0.6) is 0 Å². The Morgan fingerprint density at radius 1 is 1.17 bits per heavy atom. The summed E-state index contributed by atoms with van der Waals surface area (Å²) in [6, 6.07) is 14.7. The second-order valence-corrected chi connectivity index (χ2v) is 9.64. The van der Waals surface area contributed by atoms with E-state index in [4.69, 9.17) is 0 Å². The molecular weight excluding hydrogens is 398 g/mol. The first-order chi connectivity index (χ1) is 14.2. The van der Waals surface area contributed by atoms with E-state index in [1.54, 1.807) is 11.3 Å². The predicted octanol–water partition coefficient (Wildman–Crippen LogP) is 5.61. The van der Waals surface area contributed by atoms with Crippen LogP contribution in [0.1, 0.15) is 41.0 Å². The summed E-state index contributed by atoms with van der Waals surface area (Å²) in [5, 5.41) is 9.25. The molecule has 148 valence electrons. The molecular formula is C23H23N3OS2. The van der Waals surface area contributed by atoms with Crippen molar-refractivity contribution in [1.82, 2.24) is 14.9 Å². The molecule has 1 aliphatic rings. The average molecular weight is 422 g/mol. The normalized spacial score (nSPS) is 15.8. The average Bonchev–Trinajstić information content (AvgIpc) is 3.53. The maximum Gasteiger partial charge on any atom is 0.270 e. The number of benzene rings is 1. The van der Waals surface area contributed by atoms with Crippen LogP contribution in [0.3, 0.4) is 0 Å². The van der Waals surface area contributed by atoms with E-state index in [-0.39, 0.29) is 11.3 Å². The Hall–Kier alpha value is -2.44. The Morgan fingerprint density at radius 2 is 2.00 bits per heavy atom. The Bertz CT molecular complexity index is 1150. The van der Waals surface area contributed by atoms with Gasteiger partial charge in [0, 0.05) is 40.2 Å². The lowest BCUT2D eigenvalue weighted by Crippen LogP contribution is -2.38. The zero-order valence-corrected chi connectivity index (χ0v) is 18.0. The Balaban J connectivity index is 1.35. The highest BCUT2D eigenvalue weighted by Crippen LogP contribution is 2.42. The number of nitrogens with one attached hydrogen (secondary N) is 1. The van der Waals surface area contributed by atoms with Gasteiger partial charge in [-0.2, -0.15) is 0 Å². The molecule has 5 rings (SSSR count). The summed E-state index contributed by atoms with van der Waals surface area (Å²) in [7, 11) is 2.05. The van der Waals surface area contributed by atoms with Crippen LogP contribution in [-0.4, -0.2) is 22.0 Å². The zero-order chi connectivity index (χ0) is 19.8. The maximum atomic E-state index is 12.8. The number of thiophene rings is 1. The number of rotatable bonds is 5. The molecule has 1 amide bonds. The van der Waals surface area contributed by atoms with Gasteiger partial charge in [-0.1, -0.05) is 37.1 Å². The van der Waals surface area contributed by atoms with E-state index in [1.807, 2.05) is 24.6 Å². The van der Waals surface area contributed by atoms with Gasteiger partial charge < -0.3 is 9.88 Å². The number of para-hydroxylation sites is 1. The molecule has 0 aliphatic heterocycles. The number of hydrogen-bond acceptors (Lipinski definition) is 4. The van der Waals surface area contributed by atoms with Crippen LogP contribution < -0.4 is 5.32 Å². The number of carbonyl (C=O) groups is 1. The van der Waals surface area contributed by atoms with E-state index in [0.29, 0.717) is 12.2 Å². The third kappa shape index (κ3) is 3.30. The molecule has 1 N–H and O–H groups in total. The van der Waals surface area contributed by atoms with Gasteiger partial charge in [-0.05, 0) is 36.4 Å². The summed E-state index contributed by atoms with van der Waals surface area (Å²) in [6.45, 7) is 0.688. The number of amides is 1. The summed E-state index contributed by atoms with van der Waals surface area (Å²) in [5.41, 5.74) is 2.82. The van der Waals surface area contributed by atoms with Crippen molar-refractivity contribution in [1.29, 1.82) is 0 Å². The minimum atomic E-state index is -0.0749. The molecule has 3 heterocycles. The molecule has 0 spiro atoms. The fourth-order valence-electron chi connectivity index (χ4n) is 4.47. The SMILES string of the molecule is Cn1c(-c2nc(C(=O)NCC3(c4cccs4)CCCC3)cs2)cc2ccccc21. The first-order valence-corrected chi connectivity index (χ1v) is 11.7. The summed E-state index contributed by atoms with van der Waals surface area (Å²) < 4.78 is 2.14. The summed E-state index contributed by atoms with van der Waals surface area (Å²) in [4.78, 5) is 18.9. The van der Waals surface area contributed by atoms with Crippen molar-refractivity contribution in [2.45, 2.75) is 31.1 Å². The number of aryl methyl sites for hydroxylation is 1. The number of nitrogens with zero attached hydrogens (tertiary/aromatic N) is 2. The highest BCUT2D eigenvalue weighted by molar-refractivity contribution is 7.13. The smallest absolute Gasteiger partial charge is 0.270 e. The summed E-state index contributed by atoms with van der Waals surface area (Å²) in [6.07, 6.45) is 4.75.